The lowest BCUT2D eigenvalue weighted by Crippen LogP contribution is -2.36. The summed E-state index contributed by atoms with van der Waals surface area (Å²) in [5.74, 6) is 1.36. The lowest BCUT2D eigenvalue weighted by Gasteiger charge is -2.34. The van der Waals surface area contributed by atoms with Crippen LogP contribution < -0.4 is 4.74 Å². The maximum absolute atomic E-state index is 6.18. The van der Waals surface area contributed by atoms with Crippen molar-refractivity contribution in [1.82, 2.24) is 0 Å². The van der Waals surface area contributed by atoms with Crippen molar-refractivity contribution in [2.75, 3.05) is 13.2 Å². The normalized spacial score (nSPS) is 18.4. The first-order valence-corrected chi connectivity index (χ1v) is 10.9. The van der Waals surface area contributed by atoms with E-state index in [9.17, 15) is 0 Å². The van der Waals surface area contributed by atoms with Crippen molar-refractivity contribution < 1.29 is 14.2 Å². The average molecular weight is 383 g/mol. The SMILES string of the molecule is CC.CC(C)COC(CC(C)(C)C1CCCO1)Oc1ccc(CP)cc1. The zero-order valence-corrected chi connectivity index (χ0v) is 18.7. The van der Waals surface area contributed by atoms with E-state index in [0.717, 1.165) is 37.8 Å². The molecule has 3 unspecified atom stereocenters. The summed E-state index contributed by atoms with van der Waals surface area (Å²) in [4.78, 5) is 0. The van der Waals surface area contributed by atoms with Gasteiger partial charge in [-0.05, 0) is 48.0 Å². The first-order valence-electron chi connectivity index (χ1n) is 10.1. The molecule has 1 fully saturated rings. The standard InChI is InChI=1S/C20H33O3P.C2H6/c1-15(2)13-22-19(12-20(3,4)18-6-5-11-21-18)23-17-9-7-16(14-24)8-10-17;1-2/h7-10,15,18-19H,5-6,11-14,24H2,1-4H3;1-2H3. The van der Waals surface area contributed by atoms with Crippen LogP contribution in [0.4, 0.5) is 0 Å². The van der Waals surface area contributed by atoms with Gasteiger partial charge in [-0.25, -0.2) is 0 Å². The first-order chi connectivity index (χ1) is 12.4. The molecule has 0 spiro atoms. The zero-order chi connectivity index (χ0) is 19.6. The Morgan fingerprint density at radius 3 is 2.35 bits per heavy atom. The van der Waals surface area contributed by atoms with E-state index in [2.05, 4.69) is 49.1 Å². The molecule has 1 saturated heterocycles. The minimum Gasteiger partial charge on any atom is -0.465 e. The summed E-state index contributed by atoms with van der Waals surface area (Å²) in [6, 6.07) is 8.27. The Morgan fingerprint density at radius 2 is 1.85 bits per heavy atom. The molecule has 1 aromatic rings. The minimum atomic E-state index is -0.242. The number of hydrogen-bond acceptors (Lipinski definition) is 3. The van der Waals surface area contributed by atoms with Crippen molar-refractivity contribution in [3.63, 3.8) is 0 Å². The Hall–Kier alpha value is -0.630. The number of benzene rings is 1. The minimum absolute atomic E-state index is 0.0398. The summed E-state index contributed by atoms with van der Waals surface area (Å²) in [5, 5.41) is 0. The molecule has 4 heteroatoms. The number of rotatable bonds is 9. The van der Waals surface area contributed by atoms with E-state index >= 15 is 0 Å². The molecule has 1 aliphatic rings. The lowest BCUT2D eigenvalue weighted by molar-refractivity contribution is -0.124. The topological polar surface area (TPSA) is 27.7 Å². The summed E-state index contributed by atoms with van der Waals surface area (Å²) >= 11 is 0. The van der Waals surface area contributed by atoms with Crippen LogP contribution in [0.1, 0.15) is 66.4 Å². The first kappa shape index (κ1) is 23.4. The molecule has 150 valence electrons. The van der Waals surface area contributed by atoms with Crippen LogP contribution in [-0.4, -0.2) is 25.6 Å². The largest absolute Gasteiger partial charge is 0.465 e. The highest BCUT2D eigenvalue weighted by molar-refractivity contribution is 7.15. The smallest absolute Gasteiger partial charge is 0.200 e. The molecule has 3 nitrogen and oxygen atoms in total. The highest BCUT2D eigenvalue weighted by atomic mass is 31.0. The monoisotopic (exact) mass is 382 g/mol. The highest BCUT2D eigenvalue weighted by Crippen LogP contribution is 2.36. The number of ether oxygens (including phenoxy) is 3. The second kappa shape index (κ2) is 12.0. The maximum Gasteiger partial charge on any atom is 0.200 e. The van der Waals surface area contributed by atoms with Gasteiger partial charge < -0.3 is 14.2 Å². The summed E-state index contributed by atoms with van der Waals surface area (Å²) < 4.78 is 18.2. The van der Waals surface area contributed by atoms with Crippen LogP contribution in [-0.2, 0) is 15.6 Å². The van der Waals surface area contributed by atoms with Gasteiger partial charge in [0.2, 0.25) is 0 Å². The van der Waals surface area contributed by atoms with Crippen molar-refractivity contribution in [2.24, 2.45) is 11.3 Å². The van der Waals surface area contributed by atoms with Crippen LogP contribution in [0.2, 0.25) is 0 Å². The van der Waals surface area contributed by atoms with Crippen LogP contribution in [0.5, 0.6) is 5.75 Å². The molecule has 0 aromatic heterocycles. The van der Waals surface area contributed by atoms with Crippen molar-refractivity contribution in [3.05, 3.63) is 29.8 Å². The quantitative estimate of drug-likeness (QED) is 0.384. The van der Waals surface area contributed by atoms with Crippen molar-refractivity contribution in [3.8, 4) is 5.75 Å². The van der Waals surface area contributed by atoms with E-state index in [1.165, 1.54) is 5.56 Å². The van der Waals surface area contributed by atoms with Crippen LogP contribution in [0, 0.1) is 11.3 Å². The van der Waals surface area contributed by atoms with Gasteiger partial charge in [0, 0.05) is 13.0 Å². The second-order valence-electron chi connectivity index (χ2n) is 7.82. The second-order valence-corrected chi connectivity index (χ2v) is 8.23. The predicted octanol–water partition coefficient (Wildman–Crippen LogP) is 6.06. The van der Waals surface area contributed by atoms with E-state index in [1.54, 1.807) is 0 Å². The Kier molecular flexibility index (Phi) is 10.8. The summed E-state index contributed by atoms with van der Waals surface area (Å²) in [7, 11) is 2.74. The Labute approximate surface area is 163 Å². The molecule has 2 rings (SSSR count). The van der Waals surface area contributed by atoms with Gasteiger partial charge in [0.1, 0.15) is 5.75 Å². The van der Waals surface area contributed by atoms with E-state index in [4.69, 9.17) is 14.2 Å². The molecule has 1 aliphatic heterocycles. The van der Waals surface area contributed by atoms with Gasteiger partial charge in [0.15, 0.2) is 6.29 Å². The van der Waals surface area contributed by atoms with Crippen LogP contribution in [0.25, 0.3) is 0 Å². The molecular formula is C22H39O3P. The van der Waals surface area contributed by atoms with Gasteiger partial charge in [-0.3, -0.25) is 0 Å². The van der Waals surface area contributed by atoms with E-state index in [-0.39, 0.29) is 11.7 Å². The van der Waals surface area contributed by atoms with Gasteiger partial charge in [0.25, 0.3) is 0 Å². The zero-order valence-electron chi connectivity index (χ0n) is 17.6. The molecule has 0 saturated carbocycles. The fraction of sp³-hybridized carbons (Fsp3) is 0.727. The highest BCUT2D eigenvalue weighted by Gasteiger charge is 2.36. The van der Waals surface area contributed by atoms with Crippen LogP contribution >= 0.6 is 9.24 Å². The summed E-state index contributed by atoms with van der Waals surface area (Å²) in [6.45, 7) is 14.4. The molecule has 0 N–H and O–H groups in total. The summed E-state index contributed by atoms with van der Waals surface area (Å²) in [5.41, 5.74) is 1.32. The molecule has 0 radical (unpaired) electrons. The van der Waals surface area contributed by atoms with E-state index in [1.807, 2.05) is 26.0 Å². The van der Waals surface area contributed by atoms with Crippen molar-refractivity contribution in [1.29, 1.82) is 0 Å². The number of hydrogen-bond donors (Lipinski definition) is 0. The van der Waals surface area contributed by atoms with Gasteiger partial charge >= 0.3 is 0 Å². The molecule has 1 aromatic carbocycles. The molecule has 26 heavy (non-hydrogen) atoms. The predicted molar refractivity (Wildman–Crippen MR) is 114 cm³/mol. The Morgan fingerprint density at radius 1 is 1.19 bits per heavy atom. The third-order valence-corrected chi connectivity index (χ3v) is 5.01. The Bertz CT molecular complexity index is 479. The van der Waals surface area contributed by atoms with Crippen LogP contribution in [0.15, 0.2) is 24.3 Å². The summed E-state index contributed by atoms with van der Waals surface area (Å²) in [6.07, 6.45) is 4.13. The molecule has 0 bridgehead atoms. The maximum atomic E-state index is 6.18. The van der Waals surface area contributed by atoms with E-state index < -0.39 is 0 Å². The lowest BCUT2D eigenvalue weighted by atomic mass is 9.81. The Balaban J connectivity index is 0.00000163. The third-order valence-electron chi connectivity index (χ3n) is 4.54. The van der Waals surface area contributed by atoms with E-state index in [0.29, 0.717) is 18.6 Å². The van der Waals surface area contributed by atoms with Crippen LogP contribution in [0.3, 0.4) is 0 Å². The molecular weight excluding hydrogens is 343 g/mol. The van der Waals surface area contributed by atoms with Gasteiger partial charge in [0.05, 0.1) is 12.7 Å². The molecule has 0 amide bonds. The van der Waals surface area contributed by atoms with Crippen molar-refractivity contribution >= 4 is 9.24 Å². The van der Waals surface area contributed by atoms with Gasteiger partial charge in [-0.15, -0.1) is 9.24 Å². The third kappa shape index (κ3) is 7.94. The molecule has 3 atom stereocenters. The average Bonchev–Trinajstić information content (AvgIpc) is 3.17. The van der Waals surface area contributed by atoms with Crippen molar-refractivity contribution in [2.45, 2.75) is 79.4 Å². The van der Waals surface area contributed by atoms with Gasteiger partial charge in [-0.1, -0.05) is 53.7 Å². The fourth-order valence-corrected chi connectivity index (χ4v) is 3.32. The fourth-order valence-electron chi connectivity index (χ4n) is 3.05. The molecule has 1 heterocycles. The molecule has 0 aliphatic carbocycles. The van der Waals surface area contributed by atoms with Gasteiger partial charge in [-0.2, -0.15) is 0 Å².